The molecule has 0 spiro atoms. The van der Waals surface area contributed by atoms with Crippen molar-refractivity contribution in [1.29, 1.82) is 0 Å². The summed E-state index contributed by atoms with van der Waals surface area (Å²) in [5.74, 6) is -0.262. The van der Waals surface area contributed by atoms with Gasteiger partial charge in [-0.3, -0.25) is 4.79 Å². The second-order valence-electron chi connectivity index (χ2n) is 5.80. The van der Waals surface area contributed by atoms with Crippen molar-refractivity contribution in [3.63, 3.8) is 0 Å². The van der Waals surface area contributed by atoms with Crippen LogP contribution in [0.15, 0.2) is 0 Å². The van der Waals surface area contributed by atoms with E-state index in [0.717, 1.165) is 0 Å². The van der Waals surface area contributed by atoms with E-state index < -0.39 is 8.32 Å². The largest absolute Gasteiger partial charge is 0.469 e. The fourth-order valence-corrected chi connectivity index (χ4v) is 2.54. The van der Waals surface area contributed by atoms with E-state index in [-0.39, 0.29) is 30.1 Å². The molecule has 0 aromatic carbocycles. The molecule has 1 N–H and O–H groups in total. The zero-order valence-electron chi connectivity index (χ0n) is 11.9. The van der Waals surface area contributed by atoms with Crippen molar-refractivity contribution >= 4 is 14.3 Å². The van der Waals surface area contributed by atoms with Crippen LogP contribution in [0.25, 0.3) is 0 Å². The Morgan fingerprint density at radius 2 is 1.88 bits per heavy atom. The Morgan fingerprint density at radius 3 is 2.24 bits per heavy atom. The topological polar surface area (TPSA) is 55.8 Å². The summed E-state index contributed by atoms with van der Waals surface area (Å²) in [6, 6.07) is 0. The van der Waals surface area contributed by atoms with Crippen molar-refractivity contribution in [2.24, 2.45) is 0 Å². The highest BCUT2D eigenvalue weighted by Crippen LogP contribution is 2.37. The Labute approximate surface area is 105 Å². The van der Waals surface area contributed by atoms with E-state index in [4.69, 9.17) is 4.43 Å². The monoisotopic (exact) mass is 262 g/mol. The zero-order chi connectivity index (χ0) is 13.7. The molecule has 0 amide bonds. The van der Waals surface area contributed by atoms with Crippen LogP contribution in [0.3, 0.4) is 0 Å². The number of hydrogen-bond donors (Lipinski definition) is 1. The number of methoxy groups -OCH3 is 1. The van der Waals surface area contributed by atoms with Gasteiger partial charge in [-0.2, -0.15) is 0 Å². The lowest BCUT2D eigenvalue weighted by Gasteiger charge is -2.38. The number of rotatable bonds is 6. The van der Waals surface area contributed by atoms with E-state index in [1.54, 1.807) is 0 Å². The molecular weight excluding hydrogens is 236 g/mol. The number of esters is 1. The van der Waals surface area contributed by atoms with Crippen molar-refractivity contribution in [3.05, 3.63) is 0 Å². The van der Waals surface area contributed by atoms with Gasteiger partial charge in [-0.25, -0.2) is 0 Å². The highest BCUT2D eigenvalue weighted by molar-refractivity contribution is 6.74. The minimum absolute atomic E-state index is 0.0521. The molecule has 0 fully saturated rings. The Hall–Kier alpha value is -0.393. The fourth-order valence-electron chi connectivity index (χ4n) is 1.16. The zero-order valence-corrected chi connectivity index (χ0v) is 12.9. The molecule has 0 aromatic rings. The van der Waals surface area contributed by atoms with Crippen LogP contribution >= 0.6 is 0 Å². The summed E-state index contributed by atoms with van der Waals surface area (Å²) in [6.07, 6.45) is 0.529. The highest BCUT2D eigenvalue weighted by Gasteiger charge is 2.39. The van der Waals surface area contributed by atoms with E-state index in [0.29, 0.717) is 6.42 Å². The molecule has 0 bridgehead atoms. The number of aliphatic hydroxyl groups excluding tert-OH is 1. The molecular formula is C12H26O4Si. The van der Waals surface area contributed by atoms with Crippen LogP contribution in [0.5, 0.6) is 0 Å². The van der Waals surface area contributed by atoms with Crippen LogP contribution in [0.2, 0.25) is 18.1 Å². The normalized spacial score (nSPS) is 14.5. The first kappa shape index (κ1) is 16.6. The van der Waals surface area contributed by atoms with Gasteiger partial charge in [0, 0.05) is 6.42 Å². The molecule has 0 aliphatic heterocycles. The van der Waals surface area contributed by atoms with Gasteiger partial charge >= 0.3 is 5.97 Å². The molecule has 0 saturated heterocycles. The van der Waals surface area contributed by atoms with Gasteiger partial charge in [0.05, 0.1) is 19.8 Å². The smallest absolute Gasteiger partial charge is 0.305 e. The molecule has 17 heavy (non-hydrogen) atoms. The molecule has 0 aliphatic rings. The van der Waals surface area contributed by atoms with Gasteiger partial charge in [-0.15, -0.1) is 0 Å². The molecule has 0 rings (SSSR count). The predicted octanol–water partition coefficient (Wildman–Crippen LogP) is 2.32. The first-order valence-corrected chi connectivity index (χ1v) is 8.90. The number of aliphatic hydroxyl groups is 1. The van der Waals surface area contributed by atoms with Crippen LogP contribution in [0.1, 0.15) is 33.6 Å². The van der Waals surface area contributed by atoms with E-state index >= 15 is 0 Å². The maximum absolute atomic E-state index is 11.0. The quantitative estimate of drug-likeness (QED) is 0.589. The summed E-state index contributed by atoms with van der Waals surface area (Å²) in [5.41, 5.74) is 0. The molecule has 0 aromatic heterocycles. The lowest BCUT2D eigenvalue weighted by Crippen LogP contribution is -2.45. The van der Waals surface area contributed by atoms with Crippen molar-refractivity contribution in [1.82, 2.24) is 0 Å². The third-order valence-corrected chi connectivity index (χ3v) is 7.90. The minimum Gasteiger partial charge on any atom is -0.469 e. The number of hydrogen-bond acceptors (Lipinski definition) is 4. The third kappa shape index (κ3) is 5.65. The molecule has 0 radical (unpaired) electrons. The van der Waals surface area contributed by atoms with Crippen molar-refractivity contribution in [2.75, 3.05) is 13.7 Å². The minimum atomic E-state index is -1.88. The fraction of sp³-hybridized carbons (Fsp3) is 0.917. The molecule has 0 heterocycles. The van der Waals surface area contributed by atoms with Gasteiger partial charge in [0.15, 0.2) is 8.32 Å². The van der Waals surface area contributed by atoms with E-state index in [1.165, 1.54) is 7.11 Å². The van der Waals surface area contributed by atoms with Gasteiger partial charge < -0.3 is 14.3 Å². The van der Waals surface area contributed by atoms with Gasteiger partial charge in [-0.05, 0) is 24.6 Å². The Balaban J connectivity index is 4.35. The van der Waals surface area contributed by atoms with Crippen LogP contribution < -0.4 is 0 Å². The van der Waals surface area contributed by atoms with Crippen molar-refractivity contribution in [2.45, 2.75) is 57.8 Å². The standard InChI is InChI=1S/C12H26O4Si/c1-12(2,3)17(5,6)16-10(9-13)7-8-11(14)15-4/h10,13H,7-9H2,1-6H3/t10-/m1/s1. The average molecular weight is 262 g/mol. The van der Waals surface area contributed by atoms with Crippen LogP contribution in [-0.4, -0.2) is 39.2 Å². The van der Waals surface area contributed by atoms with Crippen LogP contribution in [0.4, 0.5) is 0 Å². The molecule has 0 unspecified atom stereocenters. The number of ether oxygens (including phenoxy) is 1. The first-order valence-electron chi connectivity index (χ1n) is 5.99. The van der Waals surface area contributed by atoms with Crippen molar-refractivity contribution in [3.8, 4) is 0 Å². The summed E-state index contributed by atoms with van der Waals surface area (Å²) in [4.78, 5) is 11.0. The lowest BCUT2D eigenvalue weighted by atomic mass is 10.2. The van der Waals surface area contributed by atoms with Gasteiger partial charge in [0.1, 0.15) is 0 Å². The molecule has 4 nitrogen and oxygen atoms in total. The molecule has 1 atom stereocenters. The van der Waals surface area contributed by atoms with E-state index in [2.05, 4.69) is 38.6 Å². The SMILES string of the molecule is COC(=O)CC[C@H](CO)O[Si](C)(C)C(C)(C)C. The predicted molar refractivity (Wildman–Crippen MR) is 70.4 cm³/mol. The number of carbonyl (C=O) groups excluding carboxylic acids is 1. The Kier molecular flexibility index (Phi) is 6.36. The summed E-state index contributed by atoms with van der Waals surface area (Å²) in [7, 11) is -0.517. The molecule has 0 aliphatic carbocycles. The van der Waals surface area contributed by atoms with Crippen LogP contribution in [0, 0.1) is 0 Å². The summed E-state index contributed by atoms with van der Waals surface area (Å²) < 4.78 is 10.6. The van der Waals surface area contributed by atoms with E-state index in [9.17, 15) is 9.90 Å². The average Bonchev–Trinajstić information content (AvgIpc) is 2.21. The Morgan fingerprint density at radius 1 is 1.35 bits per heavy atom. The van der Waals surface area contributed by atoms with Gasteiger partial charge in [0.2, 0.25) is 0 Å². The second kappa shape index (κ2) is 6.52. The van der Waals surface area contributed by atoms with Gasteiger partial charge in [0.25, 0.3) is 0 Å². The summed E-state index contributed by atoms with van der Waals surface area (Å²) in [6.45, 7) is 10.7. The van der Waals surface area contributed by atoms with Crippen LogP contribution in [-0.2, 0) is 14.0 Å². The lowest BCUT2D eigenvalue weighted by molar-refractivity contribution is -0.141. The maximum Gasteiger partial charge on any atom is 0.305 e. The summed E-state index contributed by atoms with van der Waals surface area (Å²) in [5, 5.41) is 9.39. The summed E-state index contributed by atoms with van der Waals surface area (Å²) >= 11 is 0. The first-order chi connectivity index (χ1) is 7.64. The second-order valence-corrected chi connectivity index (χ2v) is 10.6. The maximum atomic E-state index is 11.0. The van der Waals surface area contributed by atoms with E-state index in [1.807, 2.05) is 0 Å². The number of carbonyl (C=O) groups is 1. The molecule has 102 valence electrons. The molecule has 0 saturated carbocycles. The van der Waals surface area contributed by atoms with Crippen molar-refractivity contribution < 1.29 is 19.1 Å². The third-order valence-electron chi connectivity index (χ3n) is 3.37. The highest BCUT2D eigenvalue weighted by atomic mass is 28.4. The Bertz CT molecular complexity index is 245. The molecule has 5 heteroatoms. The van der Waals surface area contributed by atoms with Gasteiger partial charge in [-0.1, -0.05) is 20.8 Å².